The lowest BCUT2D eigenvalue weighted by atomic mass is 10.2. The van der Waals surface area contributed by atoms with Gasteiger partial charge in [0.05, 0.1) is 10.5 Å². The number of carbonyl (C=O) groups excluding carboxylic acids is 2. The number of nitrogens with zero attached hydrogens (tertiary/aromatic N) is 2. The fraction of sp³-hybridized carbons (Fsp3) is 0.280. The van der Waals surface area contributed by atoms with Gasteiger partial charge < -0.3 is 14.6 Å². The molecule has 3 rings (SSSR count). The lowest BCUT2D eigenvalue weighted by molar-refractivity contribution is -0.119. The zero-order chi connectivity index (χ0) is 25.8. The summed E-state index contributed by atoms with van der Waals surface area (Å²) in [5.74, 6) is -1.65. The number of aromatic nitrogens is 1. The monoisotopic (exact) mass is 501 g/mol. The molecule has 0 unspecified atom stereocenters. The van der Waals surface area contributed by atoms with E-state index in [9.17, 15) is 22.4 Å². The molecule has 10 heteroatoms. The molecular formula is C25H28FN3O5S. The Kier molecular flexibility index (Phi) is 8.08. The Morgan fingerprint density at radius 1 is 1.03 bits per heavy atom. The van der Waals surface area contributed by atoms with E-state index in [4.69, 9.17) is 4.74 Å². The first-order valence-electron chi connectivity index (χ1n) is 11.1. The lowest BCUT2D eigenvalue weighted by Crippen LogP contribution is -2.30. The number of rotatable bonds is 9. The fourth-order valence-electron chi connectivity index (χ4n) is 3.81. The Balaban J connectivity index is 1.68. The summed E-state index contributed by atoms with van der Waals surface area (Å²) in [5, 5.41) is 2.56. The van der Waals surface area contributed by atoms with Crippen LogP contribution < -0.4 is 5.32 Å². The summed E-state index contributed by atoms with van der Waals surface area (Å²) in [5.41, 5.74) is 2.59. The molecule has 0 radical (unpaired) electrons. The van der Waals surface area contributed by atoms with Crippen molar-refractivity contribution < 1.29 is 27.1 Å². The highest BCUT2D eigenvalue weighted by molar-refractivity contribution is 7.89. The van der Waals surface area contributed by atoms with Crippen LogP contribution >= 0.6 is 0 Å². The summed E-state index contributed by atoms with van der Waals surface area (Å²) in [6.07, 6.45) is 0. The third-order valence-corrected chi connectivity index (χ3v) is 7.58. The number of hydrogen-bond donors (Lipinski definition) is 1. The van der Waals surface area contributed by atoms with Crippen molar-refractivity contribution in [1.82, 2.24) is 8.87 Å². The van der Waals surface area contributed by atoms with Crippen LogP contribution in [-0.2, 0) is 19.6 Å². The molecule has 1 N–H and O–H groups in total. The number of halogens is 1. The molecule has 1 amide bonds. The van der Waals surface area contributed by atoms with Crippen molar-refractivity contribution in [3.63, 3.8) is 0 Å². The van der Waals surface area contributed by atoms with Crippen molar-refractivity contribution in [2.24, 2.45) is 0 Å². The predicted molar refractivity (Wildman–Crippen MR) is 131 cm³/mol. The van der Waals surface area contributed by atoms with E-state index >= 15 is 0 Å². The first kappa shape index (κ1) is 26.1. The Hall–Kier alpha value is -3.50. The van der Waals surface area contributed by atoms with E-state index in [0.717, 1.165) is 5.69 Å². The molecule has 0 bridgehead atoms. The largest absolute Gasteiger partial charge is 0.452 e. The van der Waals surface area contributed by atoms with Crippen molar-refractivity contribution in [3.8, 4) is 5.69 Å². The predicted octanol–water partition coefficient (Wildman–Crippen LogP) is 4.06. The quantitative estimate of drug-likeness (QED) is 0.446. The number of nitrogens with one attached hydrogen (secondary N) is 1. The molecule has 186 valence electrons. The summed E-state index contributed by atoms with van der Waals surface area (Å²) >= 11 is 0. The highest BCUT2D eigenvalue weighted by Crippen LogP contribution is 2.22. The number of carbonyl (C=O) groups is 2. The zero-order valence-corrected chi connectivity index (χ0v) is 20.9. The van der Waals surface area contributed by atoms with Gasteiger partial charge in [0.1, 0.15) is 5.82 Å². The maximum Gasteiger partial charge on any atom is 0.340 e. The summed E-state index contributed by atoms with van der Waals surface area (Å²) in [6, 6.07) is 13.4. The normalized spacial score (nSPS) is 11.5. The van der Waals surface area contributed by atoms with Gasteiger partial charge in [0.25, 0.3) is 5.91 Å². The van der Waals surface area contributed by atoms with Crippen LogP contribution in [0.2, 0.25) is 0 Å². The number of esters is 1. The molecule has 1 aromatic heterocycles. The molecule has 0 saturated carbocycles. The molecule has 0 aliphatic carbocycles. The van der Waals surface area contributed by atoms with Crippen molar-refractivity contribution in [3.05, 3.63) is 77.4 Å². The minimum Gasteiger partial charge on any atom is -0.452 e. The van der Waals surface area contributed by atoms with E-state index in [1.54, 1.807) is 56.5 Å². The van der Waals surface area contributed by atoms with E-state index < -0.39 is 28.5 Å². The number of aryl methyl sites for hydroxylation is 1. The van der Waals surface area contributed by atoms with Gasteiger partial charge >= 0.3 is 5.97 Å². The molecule has 1 heterocycles. The van der Waals surface area contributed by atoms with E-state index in [1.165, 1.54) is 34.6 Å². The van der Waals surface area contributed by atoms with E-state index in [2.05, 4.69) is 5.32 Å². The lowest BCUT2D eigenvalue weighted by Gasteiger charge is -2.18. The molecule has 3 aromatic rings. The van der Waals surface area contributed by atoms with Gasteiger partial charge in [-0.15, -0.1) is 0 Å². The number of benzene rings is 2. The molecule has 0 saturated heterocycles. The number of sulfonamides is 1. The van der Waals surface area contributed by atoms with Crippen molar-refractivity contribution in [1.29, 1.82) is 0 Å². The van der Waals surface area contributed by atoms with Crippen LogP contribution in [0.15, 0.2) is 59.5 Å². The van der Waals surface area contributed by atoms with Gasteiger partial charge in [-0.05, 0) is 62.4 Å². The van der Waals surface area contributed by atoms with Crippen LogP contribution in [0.3, 0.4) is 0 Å². The van der Waals surface area contributed by atoms with Crippen LogP contribution in [0, 0.1) is 19.7 Å². The Labute approximate surface area is 204 Å². The van der Waals surface area contributed by atoms with E-state index in [0.29, 0.717) is 24.5 Å². The van der Waals surface area contributed by atoms with Crippen LogP contribution in [0.25, 0.3) is 5.69 Å². The minimum atomic E-state index is -3.68. The van der Waals surface area contributed by atoms with Crippen molar-refractivity contribution in [2.75, 3.05) is 25.0 Å². The topological polar surface area (TPSA) is 97.7 Å². The van der Waals surface area contributed by atoms with Crippen LogP contribution in [0.1, 0.15) is 35.6 Å². The van der Waals surface area contributed by atoms with E-state index in [1.807, 2.05) is 0 Å². The zero-order valence-electron chi connectivity index (χ0n) is 20.0. The molecule has 8 nitrogen and oxygen atoms in total. The number of ether oxygens (including phenoxy) is 1. The van der Waals surface area contributed by atoms with Gasteiger partial charge in [0.2, 0.25) is 10.0 Å². The molecule has 0 aliphatic heterocycles. The Morgan fingerprint density at radius 3 is 2.31 bits per heavy atom. The minimum absolute atomic E-state index is 0.0595. The molecule has 0 fully saturated rings. The number of anilines is 1. The van der Waals surface area contributed by atoms with E-state index in [-0.39, 0.29) is 22.0 Å². The van der Waals surface area contributed by atoms with Crippen LogP contribution in [-0.4, -0.2) is 48.9 Å². The SMILES string of the molecule is CCN(CC)S(=O)(=O)c1cccc(NC(=O)COC(=O)c2cc(C)n(-c3ccc(F)cc3)c2C)c1. The van der Waals surface area contributed by atoms with Gasteiger partial charge in [0, 0.05) is 35.9 Å². The van der Waals surface area contributed by atoms with Gasteiger partial charge in [0.15, 0.2) is 6.61 Å². The second kappa shape index (κ2) is 10.8. The summed E-state index contributed by atoms with van der Waals surface area (Å²) in [6.45, 7) is 7.14. The Bertz CT molecular complexity index is 1330. The van der Waals surface area contributed by atoms with Gasteiger partial charge in [-0.2, -0.15) is 4.31 Å². The average molecular weight is 502 g/mol. The molecule has 0 aliphatic rings. The second-order valence-electron chi connectivity index (χ2n) is 7.84. The highest BCUT2D eigenvalue weighted by Gasteiger charge is 2.22. The first-order chi connectivity index (χ1) is 16.6. The molecular weight excluding hydrogens is 473 g/mol. The highest BCUT2D eigenvalue weighted by atomic mass is 32.2. The third-order valence-electron chi connectivity index (χ3n) is 5.53. The third kappa shape index (κ3) is 5.77. The fourth-order valence-corrected chi connectivity index (χ4v) is 5.31. The maximum atomic E-state index is 13.3. The van der Waals surface area contributed by atoms with Crippen molar-refractivity contribution >= 4 is 27.6 Å². The van der Waals surface area contributed by atoms with Crippen LogP contribution in [0.5, 0.6) is 0 Å². The molecule has 0 spiro atoms. The smallest absolute Gasteiger partial charge is 0.340 e. The maximum absolute atomic E-state index is 13.3. The first-order valence-corrected chi connectivity index (χ1v) is 12.5. The standard InChI is InChI=1S/C25H28FN3O5S/c1-5-28(6-2)35(32,33)22-9-7-8-20(15-22)27-24(30)16-34-25(31)23-14-17(3)29(18(23)4)21-12-10-19(26)11-13-21/h7-15H,5-6,16H2,1-4H3,(H,27,30). The molecule has 35 heavy (non-hydrogen) atoms. The van der Waals surface area contributed by atoms with Gasteiger partial charge in [-0.3, -0.25) is 4.79 Å². The van der Waals surface area contributed by atoms with Crippen molar-refractivity contribution in [2.45, 2.75) is 32.6 Å². The summed E-state index contributed by atoms with van der Waals surface area (Å²) in [7, 11) is -3.68. The molecule has 0 atom stereocenters. The van der Waals surface area contributed by atoms with Gasteiger partial charge in [-0.25, -0.2) is 17.6 Å². The summed E-state index contributed by atoms with van der Waals surface area (Å²) < 4.78 is 47.0. The van der Waals surface area contributed by atoms with Crippen LogP contribution in [0.4, 0.5) is 10.1 Å². The second-order valence-corrected chi connectivity index (χ2v) is 9.78. The number of hydrogen-bond acceptors (Lipinski definition) is 5. The number of amides is 1. The average Bonchev–Trinajstić information content (AvgIpc) is 3.13. The molecule has 2 aromatic carbocycles. The summed E-state index contributed by atoms with van der Waals surface area (Å²) in [4.78, 5) is 25.1. The Morgan fingerprint density at radius 2 is 1.69 bits per heavy atom. The van der Waals surface area contributed by atoms with Gasteiger partial charge in [-0.1, -0.05) is 19.9 Å².